The van der Waals surface area contributed by atoms with E-state index in [4.69, 9.17) is 10.5 Å². The fourth-order valence-electron chi connectivity index (χ4n) is 3.43. The van der Waals surface area contributed by atoms with Gasteiger partial charge in [0, 0.05) is 11.3 Å². The molecule has 3 N–H and O–H groups in total. The summed E-state index contributed by atoms with van der Waals surface area (Å²) in [6.07, 6.45) is 3.74. The van der Waals surface area contributed by atoms with Crippen LogP contribution in [-0.2, 0) is 17.6 Å². The first-order valence-corrected chi connectivity index (χ1v) is 11.1. The highest BCUT2D eigenvalue weighted by Crippen LogP contribution is 2.39. The van der Waals surface area contributed by atoms with Gasteiger partial charge in [0.05, 0.1) is 16.6 Å². The molecule has 1 heterocycles. The number of hydrogen-bond donors (Lipinski definition) is 2. The molecule has 1 aliphatic carbocycles. The van der Waals surface area contributed by atoms with Gasteiger partial charge in [0.1, 0.15) is 10.8 Å². The molecular weight excluding hydrogens is 440 g/mol. The fraction of sp³-hybridized carbons (Fsp3) is 0.429. The fourth-order valence-corrected chi connectivity index (χ4v) is 5.47. The number of fused-ring (bicyclic) bond motifs is 1. The van der Waals surface area contributed by atoms with Gasteiger partial charge in [-0.05, 0) is 77.7 Å². The minimum atomic E-state index is -0.463. The number of halogens is 1. The van der Waals surface area contributed by atoms with Crippen LogP contribution in [0.25, 0.3) is 0 Å². The summed E-state index contributed by atoms with van der Waals surface area (Å²) in [6.45, 7) is 4.66. The van der Waals surface area contributed by atoms with Crippen molar-refractivity contribution in [3.8, 4) is 5.75 Å². The van der Waals surface area contributed by atoms with E-state index in [1.54, 1.807) is 0 Å². The molecule has 28 heavy (non-hydrogen) atoms. The summed E-state index contributed by atoms with van der Waals surface area (Å²) in [7, 11) is 0. The van der Waals surface area contributed by atoms with Crippen LogP contribution in [0.5, 0.6) is 5.75 Å². The lowest BCUT2D eigenvalue weighted by molar-refractivity contribution is -0.116. The van der Waals surface area contributed by atoms with Crippen molar-refractivity contribution < 1.29 is 14.3 Å². The number of carbonyl (C=O) groups excluding carboxylic acids is 2. The molecule has 5 nitrogen and oxygen atoms in total. The third kappa shape index (κ3) is 4.94. The molecule has 1 aliphatic rings. The van der Waals surface area contributed by atoms with Crippen molar-refractivity contribution in [2.24, 2.45) is 11.7 Å². The van der Waals surface area contributed by atoms with Crippen molar-refractivity contribution >= 4 is 44.1 Å². The molecule has 0 saturated heterocycles. The molecule has 3 rings (SSSR count). The van der Waals surface area contributed by atoms with Gasteiger partial charge in [-0.3, -0.25) is 9.59 Å². The van der Waals surface area contributed by atoms with E-state index < -0.39 is 5.91 Å². The Morgan fingerprint density at radius 2 is 2.18 bits per heavy atom. The molecule has 1 atom stereocenters. The van der Waals surface area contributed by atoms with Crippen molar-refractivity contribution in [1.82, 2.24) is 0 Å². The maximum absolute atomic E-state index is 12.4. The molecule has 1 aromatic heterocycles. The Hall–Kier alpha value is -1.86. The van der Waals surface area contributed by atoms with Crippen molar-refractivity contribution in [3.05, 3.63) is 44.2 Å². The quantitative estimate of drug-likeness (QED) is 0.575. The van der Waals surface area contributed by atoms with E-state index in [2.05, 4.69) is 28.2 Å². The van der Waals surface area contributed by atoms with E-state index in [1.165, 1.54) is 16.2 Å². The predicted molar refractivity (Wildman–Crippen MR) is 116 cm³/mol. The van der Waals surface area contributed by atoms with Crippen molar-refractivity contribution in [3.63, 3.8) is 0 Å². The molecule has 1 unspecified atom stereocenters. The van der Waals surface area contributed by atoms with Gasteiger partial charge in [0.2, 0.25) is 5.91 Å². The van der Waals surface area contributed by atoms with Gasteiger partial charge >= 0.3 is 0 Å². The molecule has 2 amide bonds. The first kappa shape index (κ1) is 20.9. The maximum atomic E-state index is 12.4. The van der Waals surface area contributed by atoms with Crippen LogP contribution in [0, 0.1) is 12.8 Å². The number of nitrogens with one attached hydrogen (secondary N) is 1. The average molecular weight is 465 g/mol. The van der Waals surface area contributed by atoms with Crippen molar-refractivity contribution in [2.75, 3.05) is 11.9 Å². The number of primary amides is 1. The SMILES string of the molecule is Cc1ccc(OCCCC(=O)Nc2sc3c(c2C(N)=O)CCC(C)C3)c(Br)c1. The molecule has 0 bridgehead atoms. The average Bonchev–Trinajstić information content (AvgIpc) is 2.97. The summed E-state index contributed by atoms with van der Waals surface area (Å²) in [4.78, 5) is 25.5. The van der Waals surface area contributed by atoms with E-state index >= 15 is 0 Å². The van der Waals surface area contributed by atoms with E-state index in [0.717, 1.165) is 40.6 Å². The Balaban J connectivity index is 1.55. The summed E-state index contributed by atoms with van der Waals surface area (Å²) >= 11 is 4.97. The summed E-state index contributed by atoms with van der Waals surface area (Å²) in [6, 6.07) is 5.89. The maximum Gasteiger partial charge on any atom is 0.251 e. The topological polar surface area (TPSA) is 81.4 Å². The largest absolute Gasteiger partial charge is 0.492 e. The number of benzene rings is 1. The molecule has 0 saturated carbocycles. The highest BCUT2D eigenvalue weighted by Gasteiger charge is 2.27. The van der Waals surface area contributed by atoms with Crippen LogP contribution in [0.2, 0.25) is 0 Å². The Morgan fingerprint density at radius 1 is 1.39 bits per heavy atom. The lowest BCUT2D eigenvalue weighted by atomic mass is 9.88. The molecule has 150 valence electrons. The molecular formula is C21H25BrN2O3S. The van der Waals surface area contributed by atoms with Gasteiger partial charge in [-0.1, -0.05) is 13.0 Å². The van der Waals surface area contributed by atoms with Gasteiger partial charge in [-0.15, -0.1) is 11.3 Å². The zero-order chi connectivity index (χ0) is 20.3. The highest BCUT2D eigenvalue weighted by atomic mass is 79.9. The second-order valence-electron chi connectivity index (χ2n) is 7.35. The van der Waals surface area contributed by atoms with Crippen LogP contribution < -0.4 is 15.8 Å². The lowest BCUT2D eigenvalue weighted by Gasteiger charge is -2.18. The third-order valence-corrected chi connectivity index (χ3v) is 6.69. The second kappa shape index (κ2) is 9.09. The van der Waals surface area contributed by atoms with Crippen LogP contribution in [0.15, 0.2) is 22.7 Å². The molecule has 0 radical (unpaired) electrons. The van der Waals surface area contributed by atoms with Crippen LogP contribution in [0.1, 0.15) is 52.5 Å². The minimum absolute atomic E-state index is 0.124. The Morgan fingerprint density at radius 3 is 2.89 bits per heavy atom. The van der Waals surface area contributed by atoms with Crippen LogP contribution in [-0.4, -0.2) is 18.4 Å². The number of carbonyl (C=O) groups is 2. The van der Waals surface area contributed by atoms with Crippen molar-refractivity contribution in [2.45, 2.75) is 46.0 Å². The Bertz CT molecular complexity index is 894. The number of nitrogens with two attached hydrogens (primary N) is 1. The number of thiophene rings is 1. The van der Waals surface area contributed by atoms with Crippen LogP contribution in [0.3, 0.4) is 0 Å². The first-order valence-electron chi connectivity index (χ1n) is 9.48. The zero-order valence-electron chi connectivity index (χ0n) is 16.1. The number of hydrogen-bond acceptors (Lipinski definition) is 4. The normalized spacial score (nSPS) is 15.8. The molecule has 0 fully saturated rings. The van der Waals surface area contributed by atoms with E-state index in [0.29, 0.717) is 35.9 Å². The second-order valence-corrected chi connectivity index (χ2v) is 9.31. The molecule has 0 aliphatic heterocycles. The van der Waals surface area contributed by atoms with E-state index in [1.807, 2.05) is 25.1 Å². The summed E-state index contributed by atoms with van der Waals surface area (Å²) in [5.74, 6) is 0.770. The first-order chi connectivity index (χ1) is 13.3. The zero-order valence-corrected chi connectivity index (χ0v) is 18.5. The van der Waals surface area contributed by atoms with Crippen LogP contribution in [0.4, 0.5) is 5.00 Å². The van der Waals surface area contributed by atoms with Crippen molar-refractivity contribution in [1.29, 1.82) is 0 Å². The number of rotatable bonds is 7. The molecule has 1 aromatic carbocycles. The molecule has 0 spiro atoms. The number of ether oxygens (including phenoxy) is 1. The molecule has 2 aromatic rings. The summed E-state index contributed by atoms with van der Waals surface area (Å²) in [5, 5.41) is 3.49. The van der Waals surface area contributed by atoms with Gasteiger partial charge < -0.3 is 15.8 Å². The summed E-state index contributed by atoms with van der Waals surface area (Å²) in [5.41, 5.74) is 8.27. The third-order valence-electron chi connectivity index (χ3n) is 4.90. The number of anilines is 1. The van der Waals surface area contributed by atoms with Gasteiger partial charge in [0.25, 0.3) is 5.91 Å². The Kier molecular flexibility index (Phi) is 6.78. The lowest BCUT2D eigenvalue weighted by Crippen LogP contribution is -2.19. The van der Waals surface area contributed by atoms with E-state index in [-0.39, 0.29) is 5.91 Å². The monoisotopic (exact) mass is 464 g/mol. The smallest absolute Gasteiger partial charge is 0.251 e. The number of aryl methyl sites for hydroxylation is 1. The van der Waals surface area contributed by atoms with Gasteiger partial charge in [-0.2, -0.15) is 0 Å². The van der Waals surface area contributed by atoms with Gasteiger partial charge in [0.15, 0.2) is 0 Å². The molecule has 7 heteroatoms. The van der Waals surface area contributed by atoms with Crippen LogP contribution >= 0.6 is 27.3 Å². The predicted octanol–water partition coefficient (Wildman–Crippen LogP) is 4.84. The minimum Gasteiger partial charge on any atom is -0.492 e. The number of amides is 2. The summed E-state index contributed by atoms with van der Waals surface area (Å²) < 4.78 is 6.64. The highest BCUT2D eigenvalue weighted by molar-refractivity contribution is 9.10. The standard InChI is InChI=1S/C21H25BrN2O3S/c1-12-6-8-16(15(22)10-12)27-9-3-4-18(25)24-21-19(20(23)26)14-7-5-13(2)11-17(14)28-21/h6,8,10,13H,3-5,7,9,11H2,1-2H3,(H2,23,26)(H,24,25). The van der Waals surface area contributed by atoms with Gasteiger partial charge in [-0.25, -0.2) is 0 Å². The van der Waals surface area contributed by atoms with E-state index in [9.17, 15) is 9.59 Å². The Labute approximate surface area is 177 Å².